The van der Waals surface area contributed by atoms with Crippen LogP contribution < -0.4 is 31.9 Å². The van der Waals surface area contributed by atoms with E-state index < -0.39 is 31.1 Å². The summed E-state index contributed by atoms with van der Waals surface area (Å²) in [5, 5.41) is 12.1. The van der Waals surface area contributed by atoms with Crippen LogP contribution in [0.5, 0.6) is 0 Å². The van der Waals surface area contributed by atoms with Crippen molar-refractivity contribution < 1.29 is 96.7 Å². The summed E-state index contributed by atoms with van der Waals surface area (Å²) in [5.41, 5.74) is 7.32. The van der Waals surface area contributed by atoms with Crippen LogP contribution in [0, 0.1) is 62.3 Å². The smallest absolute Gasteiger partial charge is 0.744 e. The normalized spacial score (nSPS) is 16.8. The van der Waals surface area contributed by atoms with Gasteiger partial charge in [0, 0.05) is 80.1 Å². The Labute approximate surface area is 781 Å². The van der Waals surface area contributed by atoms with E-state index in [1.54, 1.807) is 19.2 Å². The van der Waals surface area contributed by atoms with E-state index in [2.05, 4.69) is 76.9 Å². The van der Waals surface area contributed by atoms with Crippen molar-refractivity contribution in [2.24, 2.45) is 17.8 Å². The number of halogens is 1. The minimum absolute atomic E-state index is 0. The van der Waals surface area contributed by atoms with Crippen molar-refractivity contribution in [3.05, 3.63) is 128 Å². The quantitative estimate of drug-likeness (QED) is 0.00652. The van der Waals surface area contributed by atoms with Gasteiger partial charge in [-0.2, -0.15) is 13.0 Å². The molecule has 24 heteroatoms. The van der Waals surface area contributed by atoms with Gasteiger partial charge in [0.1, 0.15) is 17.2 Å². The van der Waals surface area contributed by atoms with Gasteiger partial charge in [0.05, 0.1) is 49.9 Å². The molecule has 0 atom stereocenters. The third-order valence-corrected chi connectivity index (χ3v) is 23.5. The summed E-state index contributed by atoms with van der Waals surface area (Å²) in [5.74, 6) is 3.02. The molecule has 1 amide bonds. The molecule has 18 nitrogen and oxygen atoms in total. The predicted molar refractivity (Wildman–Crippen MR) is 515 cm³/mol. The van der Waals surface area contributed by atoms with Crippen molar-refractivity contribution in [3.63, 3.8) is 0 Å². The summed E-state index contributed by atoms with van der Waals surface area (Å²) in [6.07, 6.45) is 55.8. The van der Waals surface area contributed by atoms with Crippen LogP contribution in [0.4, 0.5) is 11.4 Å². The number of fused-ring (bicyclic) bond motifs is 2. The first-order valence-electron chi connectivity index (χ1n) is 42.8. The predicted octanol–water partition coefficient (Wildman–Crippen LogP) is 19.5. The van der Waals surface area contributed by atoms with Crippen molar-refractivity contribution in [3.8, 4) is 0 Å². The SMILES string of the molecule is C1CCCC1.C1CCCC1.C1CCCC1.CC.CN(CCCN(C)C(=O)CCCCCN1C(=CC=CC=CC2=[N+](C)c3ccc(S(=O)(=O)O)cc3C2(C)C)C(C)(C)c2cc(S(=O)(=O)[O-])ccc21)CC1CCCC1.CNC.CNCCCN(C)CC1CCCC1.CNCCCNC.C[N+](C)(C)CC1CCCC1.C[NH3+].I.[CH3-].[CH3-].[CH3-].[CH3-].[CH3-].[CH3-].[Fe+2].[Fe+2].[Fe+2]. The van der Waals surface area contributed by atoms with E-state index in [1.165, 1.54) is 230 Å². The maximum absolute atomic E-state index is 12.9. The average molecular weight is 1940 g/mol. The third kappa shape index (κ3) is 57.2. The van der Waals surface area contributed by atoms with Gasteiger partial charge in [0.15, 0.2) is 5.71 Å². The van der Waals surface area contributed by atoms with Crippen molar-refractivity contribution in [1.29, 1.82) is 0 Å². The second kappa shape index (κ2) is 78.8. The number of hydrogen-bond acceptors (Lipinski definition) is 13. The summed E-state index contributed by atoms with van der Waals surface area (Å²) < 4.78 is 72.4. The van der Waals surface area contributed by atoms with Crippen molar-refractivity contribution in [2.45, 2.75) is 280 Å². The van der Waals surface area contributed by atoms with Gasteiger partial charge in [0.2, 0.25) is 11.6 Å². The summed E-state index contributed by atoms with van der Waals surface area (Å²) in [6, 6.07) is 9.22. The number of rotatable bonds is 29. The summed E-state index contributed by atoms with van der Waals surface area (Å²) in [7, 11) is 17.6. The van der Waals surface area contributed by atoms with Crippen LogP contribution in [0.2, 0.25) is 0 Å². The standard InChI is InChI=1S/C43H60N4O7S2.C11H24N2.C9H20N.C5H14N2.3C5H10.C2H7N.C2H6.CH5N.6CH3.3Fe.HI/c1-42(2)35-29-33(55(49,50)51)22-24-37(35)46(7)39(42)19-10-8-11-20-40-43(3,4)36-30-34(56(52,53)54)23-25-38(36)47(40)28-15-9-12-21-41(48)45(6)27-16-26-44(5)31-32-17-13-14-18-32;1-12-8-5-9-13(2)10-11-6-3-4-7-11;1-10(2,3)8-9-6-4-5-7-9;1-6-4-3-5-7-2;3*1-2-4-5-3-1;1-3-2;2*1-2;;;;;;;;;;/h8,10-11,19-20,22-25,29-30,32H,9,12-18,21,26-28,31H2,1-7H3,(H-,49,50,51,52,53,54);11-12H,3-10H2,1-2H3;9H,4-8H2,1-3H3;6-7H,3-5H2,1-2H3;3*1-5H2;3H,1-2H3;1-2H3;2H2,1H3;6*1H3;;;;1H/q;;+1;;;;;;;;6*-1;3*+2;/p+1. The molecular weight excluding hydrogens is 1750 g/mol. The Morgan fingerprint density at radius 1 is 0.551 bits per heavy atom. The zero-order valence-corrected chi connectivity index (χ0v) is 87.5. The van der Waals surface area contributed by atoms with Crippen molar-refractivity contribution >= 4 is 67.2 Å². The molecule has 0 spiro atoms. The molecule has 6 saturated carbocycles. The second-order valence-corrected chi connectivity index (χ2v) is 36.0. The molecule has 0 bridgehead atoms. The van der Waals surface area contributed by atoms with Crippen LogP contribution in [0.1, 0.15) is 271 Å². The molecule has 8 N–H and O–H groups in total. The number of carbonyl (C=O) groups excluding carboxylic acids is 1. The second-order valence-electron chi connectivity index (χ2n) is 33.2. The molecule has 8 aliphatic rings. The first kappa shape index (κ1) is 137. The van der Waals surface area contributed by atoms with Crippen LogP contribution >= 0.6 is 24.0 Å². The number of carbonyl (C=O) groups is 1. The minimum Gasteiger partial charge on any atom is -0.744 e. The van der Waals surface area contributed by atoms with Gasteiger partial charge in [-0.05, 0) is 220 Å². The molecule has 6 fully saturated rings. The van der Waals surface area contributed by atoms with Gasteiger partial charge < -0.3 is 100 Å². The molecule has 6 aliphatic carbocycles. The minimum atomic E-state index is -4.64. The Kier molecular flexibility index (Phi) is 91.5. The number of nitrogens with one attached hydrogen (secondary N) is 4. The first-order chi connectivity index (χ1) is 51.5. The fourth-order valence-corrected chi connectivity index (χ4v) is 17.0. The van der Waals surface area contributed by atoms with Gasteiger partial charge in [-0.1, -0.05) is 187 Å². The number of allylic oxidation sites excluding steroid dienone is 6. The van der Waals surface area contributed by atoms with E-state index in [0.29, 0.717) is 13.0 Å². The molecule has 2 aromatic carbocycles. The van der Waals surface area contributed by atoms with Crippen LogP contribution in [-0.4, -0.2) is 218 Å². The fraction of sp³-hybridized carbons (Fsp3) is 0.723. The molecule has 0 saturated heterocycles. The zero-order chi connectivity index (χ0) is 81.0. The van der Waals surface area contributed by atoms with Gasteiger partial charge in [0.25, 0.3) is 10.1 Å². The largest absolute Gasteiger partial charge is 2.00 e. The van der Waals surface area contributed by atoms with Gasteiger partial charge in [-0.15, -0.1) is 24.0 Å². The monoisotopic (exact) mass is 1940 g/mol. The van der Waals surface area contributed by atoms with Crippen LogP contribution in [0.3, 0.4) is 0 Å². The molecular formula is C94H186Fe3IN11O7S2+2. The number of hydrogen-bond donors (Lipinski definition) is 6. The molecule has 0 aromatic heterocycles. The van der Waals surface area contributed by atoms with Gasteiger partial charge in [-0.25, -0.2) is 8.42 Å². The molecule has 118 heavy (non-hydrogen) atoms. The van der Waals surface area contributed by atoms with Crippen LogP contribution in [0.15, 0.2) is 82.3 Å². The Balaban J connectivity index is -0.000000190. The van der Waals surface area contributed by atoms with Crippen molar-refractivity contribution in [2.75, 3.05) is 162 Å². The Morgan fingerprint density at radius 2 is 0.941 bits per heavy atom. The molecule has 0 unspecified atom stereocenters. The number of anilines is 1. The van der Waals surface area contributed by atoms with E-state index in [-0.39, 0.29) is 135 Å². The summed E-state index contributed by atoms with van der Waals surface area (Å²) in [4.78, 5) is 21.5. The van der Waals surface area contributed by atoms with E-state index >= 15 is 0 Å². The van der Waals surface area contributed by atoms with E-state index in [1.807, 2.05) is 131 Å². The molecule has 2 heterocycles. The summed E-state index contributed by atoms with van der Waals surface area (Å²) in [6.45, 7) is 22.9. The van der Waals surface area contributed by atoms with E-state index in [0.717, 1.165) is 121 Å². The molecule has 2 aromatic rings. The molecule has 10 rings (SSSR count). The van der Waals surface area contributed by atoms with Gasteiger partial charge >= 0.3 is 51.2 Å². The Hall–Kier alpha value is -1.61. The molecule has 0 radical (unpaired) electrons. The Morgan fingerprint density at radius 3 is 1.34 bits per heavy atom. The number of unbranched alkanes of at least 4 members (excludes halogenated alkanes) is 2. The fourth-order valence-electron chi connectivity index (χ4n) is 16.0. The van der Waals surface area contributed by atoms with Gasteiger partial charge in [-0.3, -0.25) is 9.35 Å². The third-order valence-electron chi connectivity index (χ3n) is 21.9. The number of nitrogens with zero attached hydrogens (tertiary/aromatic N) is 6. The maximum atomic E-state index is 12.9. The molecule has 700 valence electrons. The van der Waals surface area contributed by atoms with Crippen LogP contribution in [0.25, 0.3) is 0 Å². The van der Waals surface area contributed by atoms with Crippen molar-refractivity contribution in [1.82, 2.24) is 36.0 Å². The Bertz CT molecular complexity index is 3000. The first-order valence-corrected chi connectivity index (χ1v) is 45.6. The maximum Gasteiger partial charge on any atom is 2.00 e. The van der Waals surface area contributed by atoms with E-state index in [4.69, 9.17) is 0 Å². The average Bonchev–Trinajstić information content (AvgIpc) is 1.61. The zero-order valence-electron chi connectivity index (χ0n) is 80.3. The number of benzene rings is 2. The number of amides is 1. The number of quaternary nitrogens is 2. The summed E-state index contributed by atoms with van der Waals surface area (Å²) >= 11 is 0. The molecule has 2 aliphatic heterocycles. The van der Waals surface area contributed by atoms with E-state index in [9.17, 15) is 30.7 Å². The van der Waals surface area contributed by atoms with Crippen LogP contribution in [-0.2, 0) is 87.1 Å². The topological polar surface area (TPSA) is 220 Å².